The van der Waals surface area contributed by atoms with Gasteiger partial charge in [0.2, 0.25) is 0 Å². The topological polar surface area (TPSA) is 55.1 Å². The molecule has 22 heavy (non-hydrogen) atoms. The molecule has 0 heterocycles. The van der Waals surface area contributed by atoms with Crippen LogP contribution in [0.3, 0.4) is 0 Å². The van der Waals surface area contributed by atoms with Crippen LogP contribution in [-0.2, 0) is 0 Å². The summed E-state index contributed by atoms with van der Waals surface area (Å²) in [4.78, 5) is 12.3. The standard InChI is InChI=1S/C19H22N2O/c20-17-10-12-18(13-11-17)21-19(22)16-8-6-15(7-9-16)14-4-2-1-3-5-14/h1-9,17-18H,10-13,20H2,(H,21,22). The molecule has 0 aromatic heterocycles. The molecule has 1 amide bonds. The van der Waals surface area contributed by atoms with Crippen molar-refractivity contribution in [1.29, 1.82) is 0 Å². The third-order valence-corrected chi connectivity index (χ3v) is 4.36. The van der Waals surface area contributed by atoms with Crippen LogP contribution in [0.25, 0.3) is 11.1 Å². The summed E-state index contributed by atoms with van der Waals surface area (Å²) >= 11 is 0. The van der Waals surface area contributed by atoms with Gasteiger partial charge < -0.3 is 11.1 Å². The van der Waals surface area contributed by atoms with E-state index >= 15 is 0 Å². The van der Waals surface area contributed by atoms with E-state index in [1.807, 2.05) is 42.5 Å². The van der Waals surface area contributed by atoms with Crippen LogP contribution in [-0.4, -0.2) is 18.0 Å². The normalized spacial score (nSPS) is 21.3. The third-order valence-electron chi connectivity index (χ3n) is 4.36. The lowest BCUT2D eigenvalue weighted by molar-refractivity contribution is 0.0926. The van der Waals surface area contributed by atoms with E-state index in [9.17, 15) is 4.79 Å². The minimum absolute atomic E-state index is 0.0140. The third kappa shape index (κ3) is 3.55. The number of amides is 1. The molecular weight excluding hydrogens is 272 g/mol. The van der Waals surface area contributed by atoms with Gasteiger partial charge in [0.15, 0.2) is 0 Å². The van der Waals surface area contributed by atoms with Crippen molar-refractivity contribution >= 4 is 5.91 Å². The fourth-order valence-corrected chi connectivity index (χ4v) is 2.98. The second-order valence-electron chi connectivity index (χ2n) is 6.03. The van der Waals surface area contributed by atoms with Crippen LogP contribution >= 0.6 is 0 Å². The Morgan fingerprint density at radius 3 is 2.09 bits per heavy atom. The molecule has 0 unspecified atom stereocenters. The molecule has 1 saturated carbocycles. The summed E-state index contributed by atoms with van der Waals surface area (Å²) in [5, 5.41) is 3.12. The highest BCUT2D eigenvalue weighted by Crippen LogP contribution is 2.20. The van der Waals surface area contributed by atoms with Gasteiger partial charge >= 0.3 is 0 Å². The Labute approximate surface area is 131 Å². The summed E-state index contributed by atoms with van der Waals surface area (Å²) in [5.74, 6) is 0.0140. The minimum atomic E-state index is 0.0140. The molecule has 2 aromatic carbocycles. The fraction of sp³-hybridized carbons (Fsp3) is 0.316. The molecule has 3 rings (SSSR count). The summed E-state index contributed by atoms with van der Waals surface area (Å²) < 4.78 is 0. The van der Waals surface area contributed by atoms with Gasteiger partial charge in [-0.1, -0.05) is 42.5 Å². The van der Waals surface area contributed by atoms with E-state index in [4.69, 9.17) is 5.73 Å². The number of hydrogen-bond acceptors (Lipinski definition) is 2. The number of nitrogens with one attached hydrogen (secondary N) is 1. The van der Waals surface area contributed by atoms with E-state index < -0.39 is 0 Å². The van der Waals surface area contributed by atoms with Gasteiger partial charge in [-0.15, -0.1) is 0 Å². The van der Waals surface area contributed by atoms with Gasteiger partial charge in [-0.05, 0) is 48.9 Å². The molecule has 0 aliphatic heterocycles. The molecular formula is C19H22N2O. The van der Waals surface area contributed by atoms with Crippen molar-refractivity contribution in [3.05, 3.63) is 60.2 Å². The average molecular weight is 294 g/mol. The van der Waals surface area contributed by atoms with Crippen molar-refractivity contribution in [2.45, 2.75) is 37.8 Å². The van der Waals surface area contributed by atoms with Crippen LogP contribution in [0.15, 0.2) is 54.6 Å². The van der Waals surface area contributed by atoms with Crippen molar-refractivity contribution < 1.29 is 4.79 Å². The highest BCUT2D eigenvalue weighted by atomic mass is 16.1. The van der Waals surface area contributed by atoms with Gasteiger partial charge in [0.1, 0.15) is 0 Å². The van der Waals surface area contributed by atoms with E-state index in [1.165, 1.54) is 0 Å². The quantitative estimate of drug-likeness (QED) is 0.912. The Balaban J connectivity index is 1.64. The van der Waals surface area contributed by atoms with E-state index in [-0.39, 0.29) is 11.9 Å². The molecule has 0 atom stereocenters. The van der Waals surface area contributed by atoms with Crippen LogP contribution in [0.5, 0.6) is 0 Å². The van der Waals surface area contributed by atoms with Crippen molar-refractivity contribution in [3.8, 4) is 11.1 Å². The van der Waals surface area contributed by atoms with Crippen LogP contribution in [0.2, 0.25) is 0 Å². The molecule has 1 aliphatic rings. The largest absolute Gasteiger partial charge is 0.349 e. The maximum Gasteiger partial charge on any atom is 0.251 e. The van der Waals surface area contributed by atoms with Gasteiger partial charge in [-0.25, -0.2) is 0 Å². The zero-order valence-electron chi connectivity index (χ0n) is 12.7. The number of carbonyl (C=O) groups excluding carboxylic acids is 1. The second-order valence-corrected chi connectivity index (χ2v) is 6.03. The number of carbonyl (C=O) groups is 1. The first-order valence-corrected chi connectivity index (χ1v) is 7.94. The molecule has 3 nitrogen and oxygen atoms in total. The molecule has 3 heteroatoms. The van der Waals surface area contributed by atoms with E-state index in [1.54, 1.807) is 0 Å². The average Bonchev–Trinajstić information content (AvgIpc) is 2.58. The summed E-state index contributed by atoms with van der Waals surface area (Å²) in [7, 11) is 0. The Morgan fingerprint density at radius 1 is 0.864 bits per heavy atom. The number of rotatable bonds is 3. The highest BCUT2D eigenvalue weighted by Gasteiger charge is 2.20. The predicted molar refractivity (Wildman–Crippen MR) is 89.6 cm³/mol. The van der Waals surface area contributed by atoms with Crippen LogP contribution in [0.1, 0.15) is 36.0 Å². The molecule has 0 bridgehead atoms. The summed E-state index contributed by atoms with van der Waals surface area (Å²) in [6.07, 6.45) is 3.96. The fourth-order valence-electron chi connectivity index (χ4n) is 2.98. The molecule has 2 aromatic rings. The second kappa shape index (κ2) is 6.75. The van der Waals surface area contributed by atoms with E-state index in [2.05, 4.69) is 17.4 Å². The number of nitrogens with two attached hydrogens (primary N) is 1. The number of benzene rings is 2. The van der Waals surface area contributed by atoms with Crippen molar-refractivity contribution in [2.24, 2.45) is 5.73 Å². The first-order valence-electron chi connectivity index (χ1n) is 7.94. The van der Waals surface area contributed by atoms with E-state index in [0.717, 1.165) is 42.4 Å². The summed E-state index contributed by atoms with van der Waals surface area (Å²) in [6, 6.07) is 18.5. The maximum atomic E-state index is 12.3. The molecule has 3 N–H and O–H groups in total. The smallest absolute Gasteiger partial charge is 0.251 e. The minimum Gasteiger partial charge on any atom is -0.349 e. The molecule has 0 radical (unpaired) electrons. The van der Waals surface area contributed by atoms with Gasteiger partial charge in [0.25, 0.3) is 5.91 Å². The zero-order chi connectivity index (χ0) is 15.4. The van der Waals surface area contributed by atoms with Crippen LogP contribution in [0.4, 0.5) is 0 Å². The first kappa shape index (κ1) is 14.8. The Kier molecular flexibility index (Phi) is 4.54. The van der Waals surface area contributed by atoms with Gasteiger partial charge in [-0.3, -0.25) is 4.79 Å². The Hall–Kier alpha value is -2.13. The number of hydrogen-bond donors (Lipinski definition) is 2. The molecule has 1 fully saturated rings. The lowest BCUT2D eigenvalue weighted by atomic mass is 9.91. The van der Waals surface area contributed by atoms with Gasteiger partial charge in [0, 0.05) is 17.6 Å². The molecule has 0 saturated heterocycles. The maximum absolute atomic E-state index is 12.3. The summed E-state index contributed by atoms with van der Waals surface area (Å²) in [5.41, 5.74) is 8.90. The first-order chi connectivity index (χ1) is 10.7. The summed E-state index contributed by atoms with van der Waals surface area (Å²) in [6.45, 7) is 0. The lowest BCUT2D eigenvalue weighted by Crippen LogP contribution is -2.40. The Morgan fingerprint density at radius 2 is 1.45 bits per heavy atom. The molecule has 0 spiro atoms. The predicted octanol–water partition coefficient (Wildman–Crippen LogP) is 3.35. The van der Waals surface area contributed by atoms with Crippen molar-refractivity contribution in [2.75, 3.05) is 0 Å². The SMILES string of the molecule is NC1CCC(NC(=O)c2ccc(-c3ccccc3)cc2)CC1. The van der Waals surface area contributed by atoms with Gasteiger partial charge in [0.05, 0.1) is 0 Å². The molecule has 1 aliphatic carbocycles. The zero-order valence-corrected chi connectivity index (χ0v) is 12.7. The van der Waals surface area contributed by atoms with Crippen LogP contribution < -0.4 is 11.1 Å². The molecule has 114 valence electrons. The lowest BCUT2D eigenvalue weighted by Gasteiger charge is -2.26. The Bertz CT molecular complexity index is 614. The van der Waals surface area contributed by atoms with Crippen LogP contribution in [0, 0.1) is 0 Å². The van der Waals surface area contributed by atoms with Crippen molar-refractivity contribution in [3.63, 3.8) is 0 Å². The van der Waals surface area contributed by atoms with E-state index in [0.29, 0.717) is 6.04 Å². The van der Waals surface area contributed by atoms with Crippen molar-refractivity contribution in [1.82, 2.24) is 5.32 Å². The highest BCUT2D eigenvalue weighted by molar-refractivity contribution is 5.94. The monoisotopic (exact) mass is 294 g/mol. The van der Waals surface area contributed by atoms with Gasteiger partial charge in [-0.2, -0.15) is 0 Å².